The highest BCUT2D eigenvalue weighted by Gasteiger charge is 2.29. The van der Waals surface area contributed by atoms with Gasteiger partial charge in [-0.05, 0) is 25.0 Å². The van der Waals surface area contributed by atoms with Crippen LogP contribution in [0.15, 0.2) is 51.7 Å². The van der Waals surface area contributed by atoms with Crippen molar-refractivity contribution in [2.45, 2.75) is 25.5 Å². The van der Waals surface area contributed by atoms with E-state index in [1.807, 2.05) is 6.07 Å². The summed E-state index contributed by atoms with van der Waals surface area (Å²) >= 11 is 0. The Kier molecular flexibility index (Phi) is 5.83. The maximum atomic E-state index is 13.0. The van der Waals surface area contributed by atoms with Crippen LogP contribution in [0, 0.1) is 6.92 Å². The Balaban J connectivity index is 1.68. The van der Waals surface area contributed by atoms with Crippen LogP contribution >= 0.6 is 0 Å². The summed E-state index contributed by atoms with van der Waals surface area (Å²) in [6.45, 7) is 2.19. The van der Waals surface area contributed by atoms with Gasteiger partial charge in [-0.1, -0.05) is 30.3 Å². The van der Waals surface area contributed by atoms with Gasteiger partial charge in [0.1, 0.15) is 18.8 Å². The number of fused-ring (bicyclic) bond motifs is 2. The van der Waals surface area contributed by atoms with Crippen molar-refractivity contribution in [1.82, 2.24) is 5.32 Å². The Hall–Kier alpha value is -3.85. The summed E-state index contributed by atoms with van der Waals surface area (Å²) in [7, 11) is 0. The van der Waals surface area contributed by atoms with Gasteiger partial charge in [0.15, 0.2) is 28.8 Å². The molecule has 9 heteroatoms. The summed E-state index contributed by atoms with van der Waals surface area (Å²) in [5, 5.41) is 13.1. The number of nitrogens with one attached hydrogen (secondary N) is 1. The fourth-order valence-corrected chi connectivity index (χ4v) is 3.58. The zero-order valence-corrected chi connectivity index (χ0v) is 17.3. The molecule has 2 amide bonds. The van der Waals surface area contributed by atoms with E-state index in [0.717, 1.165) is 5.56 Å². The van der Waals surface area contributed by atoms with Crippen LogP contribution in [0.3, 0.4) is 0 Å². The average molecular weight is 438 g/mol. The molecule has 2 atom stereocenters. The quantitative estimate of drug-likeness (QED) is 0.522. The van der Waals surface area contributed by atoms with E-state index in [0.29, 0.717) is 24.7 Å². The van der Waals surface area contributed by atoms with Crippen LogP contribution in [0.4, 0.5) is 0 Å². The molecule has 0 spiro atoms. The number of nitrogens with two attached hydrogens (primary N) is 1. The van der Waals surface area contributed by atoms with E-state index in [1.54, 1.807) is 24.3 Å². The van der Waals surface area contributed by atoms with E-state index in [1.165, 1.54) is 19.1 Å². The van der Waals surface area contributed by atoms with Gasteiger partial charge in [-0.25, -0.2) is 0 Å². The highest BCUT2D eigenvalue weighted by molar-refractivity contribution is 5.96. The molecule has 0 saturated carbocycles. The van der Waals surface area contributed by atoms with Gasteiger partial charge in [-0.15, -0.1) is 0 Å². The molecular weight excluding hydrogens is 416 g/mol. The lowest BCUT2D eigenvalue weighted by molar-refractivity contribution is -0.127. The smallest absolute Gasteiger partial charge is 0.287 e. The van der Waals surface area contributed by atoms with Gasteiger partial charge < -0.3 is 30.0 Å². The summed E-state index contributed by atoms with van der Waals surface area (Å²) in [6.07, 6.45) is -1.49. The molecule has 1 aliphatic heterocycles. The summed E-state index contributed by atoms with van der Waals surface area (Å²) < 4.78 is 16.8. The average Bonchev–Trinajstić information content (AvgIpc) is 2.80. The number of ether oxygens (including phenoxy) is 2. The summed E-state index contributed by atoms with van der Waals surface area (Å²) in [5.41, 5.74) is 5.88. The van der Waals surface area contributed by atoms with Crippen molar-refractivity contribution in [3.63, 3.8) is 0 Å². The first-order chi connectivity index (χ1) is 15.3. The second-order valence-corrected chi connectivity index (χ2v) is 7.49. The molecule has 3 aromatic rings. The first-order valence-electron chi connectivity index (χ1n) is 10.0. The van der Waals surface area contributed by atoms with Crippen molar-refractivity contribution in [1.29, 1.82) is 0 Å². The van der Waals surface area contributed by atoms with Crippen molar-refractivity contribution in [3.8, 4) is 11.5 Å². The molecule has 32 heavy (non-hydrogen) atoms. The molecule has 4 rings (SSSR count). The number of aliphatic hydroxyl groups excluding tert-OH is 1. The summed E-state index contributed by atoms with van der Waals surface area (Å²) in [5.74, 6) is -1.12. The molecule has 2 heterocycles. The predicted octanol–water partition coefficient (Wildman–Crippen LogP) is 1.06. The number of carbonyl (C=O) groups excluding carboxylic acids is 2. The first kappa shape index (κ1) is 21.4. The molecule has 9 nitrogen and oxygen atoms in total. The Morgan fingerprint density at radius 1 is 1.12 bits per heavy atom. The molecular formula is C23H22N2O7. The van der Waals surface area contributed by atoms with Gasteiger partial charge in [0.2, 0.25) is 5.91 Å². The van der Waals surface area contributed by atoms with Crippen LogP contribution in [0.1, 0.15) is 21.7 Å². The maximum absolute atomic E-state index is 13.0. The third kappa shape index (κ3) is 4.15. The molecule has 1 aromatic heterocycles. The molecule has 166 valence electrons. The van der Waals surface area contributed by atoms with Crippen LogP contribution in [-0.2, 0) is 11.2 Å². The fraction of sp³-hybridized carbons (Fsp3) is 0.261. The summed E-state index contributed by atoms with van der Waals surface area (Å²) in [4.78, 5) is 37.5. The number of hydrogen-bond donors (Lipinski definition) is 3. The zero-order chi connectivity index (χ0) is 22.8. The normalized spacial score (nSPS) is 14.6. The van der Waals surface area contributed by atoms with Crippen molar-refractivity contribution >= 4 is 22.8 Å². The lowest BCUT2D eigenvalue weighted by Gasteiger charge is -2.22. The second kappa shape index (κ2) is 8.72. The number of hydrogen-bond acceptors (Lipinski definition) is 7. The van der Waals surface area contributed by atoms with Crippen LogP contribution in [-0.4, -0.2) is 42.3 Å². The molecule has 0 bridgehead atoms. The topological polar surface area (TPSA) is 141 Å². The second-order valence-electron chi connectivity index (χ2n) is 7.49. The maximum Gasteiger partial charge on any atom is 0.287 e. The van der Waals surface area contributed by atoms with E-state index < -0.39 is 29.4 Å². The van der Waals surface area contributed by atoms with Gasteiger partial charge in [0.05, 0.1) is 11.4 Å². The number of benzene rings is 2. The van der Waals surface area contributed by atoms with E-state index >= 15 is 0 Å². The van der Waals surface area contributed by atoms with Crippen LogP contribution < -0.4 is 26.0 Å². The molecule has 1 aliphatic rings. The van der Waals surface area contributed by atoms with E-state index in [9.17, 15) is 19.5 Å². The molecule has 0 saturated heterocycles. The van der Waals surface area contributed by atoms with Crippen molar-refractivity contribution in [2.24, 2.45) is 5.73 Å². The minimum Gasteiger partial charge on any atom is -0.486 e. The highest BCUT2D eigenvalue weighted by Crippen LogP contribution is 2.34. The number of carbonyl (C=O) groups is 2. The number of aliphatic hydroxyl groups is 1. The Morgan fingerprint density at radius 2 is 1.78 bits per heavy atom. The van der Waals surface area contributed by atoms with Gasteiger partial charge in [-0.3, -0.25) is 14.4 Å². The van der Waals surface area contributed by atoms with Gasteiger partial charge in [0, 0.05) is 11.6 Å². The third-order valence-electron chi connectivity index (χ3n) is 5.28. The molecule has 0 fully saturated rings. The minimum atomic E-state index is -1.63. The Morgan fingerprint density at radius 3 is 2.44 bits per heavy atom. The van der Waals surface area contributed by atoms with Crippen LogP contribution in [0.5, 0.6) is 11.5 Å². The molecule has 0 aliphatic carbocycles. The highest BCUT2D eigenvalue weighted by atomic mass is 16.6. The van der Waals surface area contributed by atoms with Gasteiger partial charge >= 0.3 is 0 Å². The first-order valence-corrected chi connectivity index (χ1v) is 10.0. The zero-order valence-electron chi connectivity index (χ0n) is 17.3. The van der Waals surface area contributed by atoms with E-state index in [2.05, 4.69) is 5.32 Å². The molecule has 4 N–H and O–H groups in total. The largest absolute Gasteiger partial charge is 0.486 e. The number of primary amides is 1. The number of amides is 2. The van der Waals surface area contributed by atoms with Gasteiger partial charge in [-0.2, -0.15) is 0 Å². The SMILES string of the molecule is Cc1c(C(=O)N[C@@H](Cc2ccccc2)[C@@H](O)C(N)=O)oc2cc3c(cc2c1=O)OCCO3. The molecule has 2 aromatic carbocycles. The monoisotopic (exact) mass is 438 g/mol. The van der Waals surface area contributed by atoms with Crippen molar-refractivity contribution in [2.75, 3.05) is 13.2 Å². The lowest BCUT2D eigenvalue weighted by atomic mass is 10.0. The minimum absolute atomic E-state index is 0.0821. The van der Waals surface area contributed by atoms with E-state index in [-0.39, 0.29) is 28.7 Å². The van der Waals surface area contributed by atoms with Crippen LogP contribution in [0.2, 0.25) is 0 Å². The lowest BCUT2D eigenvalue weighted by Crippen LogP contribution is -2.50. The van der Waals surface area contributed by atoms with E-state index in [4.69, 9.17) is 19.6 Å². The van der Waals surface area contributed by atoms with Crippen LogP contribution in [0.25, 0.3) is 11.0 Å². The Bertz CT molecular complexity index is 1240. The van der Waals surface area contributed by atoms with Crippen molar-refractivity contribution < 1.29 is 28.6 Å². The predicted molar refractivity (Wildman–Crippen MR) is 115 cm³/mol. The standard InChI is InChI=1S/C23H22N2O7/c1-12-19(26)14-10-17-18(31-8-7-30-17)11-16(14)32-21(12)23(29)25-15(20(27)22(24)28)9-13-5-3-2-4-6-13/h2-6,10-11,15,20,27H,7-9H2,1H3,(H2,24,28)(H,25,29)/t15-,20+/m0/s1. The fourth-order valence-electron chi connectivity index (χ4n) is 3.58. The molecule has 0 unspecified atom stereocenters. The third-order valence-corrected chi connectivity index (χ3v) is 5.28. The Labute approximate surface area is 182 Å². The number of rotatable bonds is 6. The summed E-state index contributed by atoms with van der Waals surface area (Å²) in [6, 6.07) is 11.0. The van der Waals surface area contributed by atoms with Crippen molar-refractivity contribution in [3.05, 3.63) is 69.6 Å². The molecule has 0 radical (unpaired) electrons. The van der Waals surface area contributed by atoms with Gasteiger partial charge in [0.25, 0.3) is 5.91 Å².